The average Bonchev–Trinajstić information content (AvgIpc) is 3.10. The second kappa shape index (κ2) is 5.99. The molecule has 1 aromatic heterocycles. The van der Waals surface area contributed by atoms with Gasteiger partial charge < -0.3 is 14.0 Å². The molecule has 0 saturated carbocycles. The summed E-state index contributed by atoms with van der Waals surface area (Å²) in [5.41, 5.74) is 1.37. The minimum absolute atomic E-state index is 0.285. The topological polar surface area (TPSA) is 36.3 Å². The Labute approximate surface area is 113 Å². The van der Waals surface area contributed by atoms with Crippen molar-refractivity contribution in [2.75, 3.05) is 13.2 Å². The van der Waals surface area contributed by atoms with Crippen molar-refractivity contribution >= 4 is 0 Å². The van der Waals surface area contributed by atoms with Crippen molar-refractivity contribution in [3.05, 3.63) is 54.1 Å². The predicted molar refractivity (Wildman–Crippen MR) is 71.6 cm³/mol. The van der Waals surface area contributed by atoms with Crippen LogP contribution < -0.4 is 0 Å². The summed E-state index contributed by atoms with van der Waals surface area (Å²) in [5.74, 6) is 0.880. The van der Waals surface area contributed by atoms with Gasteiger partial charge >= 0.3 is 0 Å². The number of hydrogen-bond donors (Lipinski definition) is 0. The molecule has 0 aliphatic carbocycles. The fourth-order valence-corrected chi connectivity index (χ4v) is 2.33. The molecule has 4 heteroatoms. The third-order valence-electron chi connectivity index (χ3n) is 3.29. The van der Waals surface area contributed by atoms with Crippen molar-refractivity contribution in [3.63, 3.8) is 0 Å². The van der Waals surface area contributed by atoms with Crippen molar-refractivity contribution in [1.82, 2.24) is 9.55 Å². The van der Waals surface area contributed by atoms with Gasteiger partial charge in [0.15, 0.2) is 5.82 Å². The van der Waals surface area contributed by atoms with Crippen LogP contribution in [0.2, 0.25) is 0 Å². The molecule has 0 radical (unpaired) electrons. The fourth-order valence-electron chi connectivity index (χ4n) is 2.33. The Morgan fingerprint density at radius 2 is 1.95 bits per heavy atom. The molecule has 2 heterocycles. The summed E-state index contributed by atoms with van der Waals surface area (Å²) in [6, 6.07) is 10.5. The van der Waals surface area contributed by atoms with Crippen LogP contribution in [0.1, 0.15) is 24.1 Å². The second-order valence-corrected chi connectivity index (χ2v) is 4.64. The van der Waals surface area contributed by atoms with Crippen LogP contribution in [0.3, 0.4) is 0 Å². The second-order valence-electron chi connectivity index (χ2n) is 4.64. The van der Waals surface area contributed by atoms with Crippen LogP contribution >= 0.6 is 0 Å². The van der Waals surface area contributed by atoms with Crippen LogP contribution in [-0.2, 0) is 22.4 Å². The summed E-state index contributed by atoms with van der Waals surface area (Å²) < 4.78 is 13.1. The molecular weight excluding hydrogens is 240 g/mol. The Morgan fingerprint density at radius 3 is 2.74 bits per heavy atom. The van der Waals surface area contributed by atoms with Crippen molar-refractivity contribution in [1.29, 1.82) is 0 Å². The minimum Gasteiger partial charge on any atom is -0.343 e. The lowest BCUT2D eigenvalue weighted by molar-refractivity contribution is -0.0530. The lowest BCUT2D eigenvalue weighted by atomic mass is 10.1. The van der Waals surface area contributed by atoms with E-state index in [0.717, 1.165) is 25.2 Å². The zero-order valence-corrected chi connectivity index (χ0v) is 10.9. The van der Waals surface area contributed by atoms with Gasteiger partial charge in [-0.05, 0) is 18.4 Å². The average molecular weight is 258 g/mol. The van der Waals surface area contributed by atoms with Gasteiger partial charge in [-0.1, -0.05) is 30.3 Å². The molecule has 1 aromatic carbocycles. The normalized spacial score (nSPS) is 16.0. The van der Waals surface area contributed by atoms with Crippen LogP contribution in [0.4, 0.5) is 0 Å². The molecule has 3 rings (SSSR count). The van der Waals surface area contributed by atoms with Crippen LogP contribution in [0.25, 0.3) is 0 Å². The molecule has 0 unspecified atom stereocenters. The molecule has 0 amide bonds. The minimum atomic E-state index is -0.285. The first-order valence-electron chi connectivity index (χ1n) is 6.71. The molecule has 1 saturated heterocycles. The van der Waals surface area contributed by atoms with Crippen LogP contribution in [-0.4, -0.2) is 22.8 Å². The van der Waals surface area contributed by atoms with Gasteiger partial charge in [-0.2, -0.15) is 0 Å². The highest BCUT2D eigenvalue weighted by atomic mass is 16.7. The molecule has 1 aliphatic rings. The van der Waals surface area contributed by atoms with Gasteiger partial charge in [0.1, 0.15) is 0 Å². The third kappa shape index (κ3) is 3.03. The Bertz CT molecular complexity index is 504. The maximum absolute atomic E-state index is 5.50. The summed E-state index contributed by atoms with van der Waals surface area (Å²) in [7, 11) is 0. The zero-order valence-electron chi connectivity index (χ0n) is 10.9. The van der Waals surface area contributed by atoms with Gasteiger partial charge in [-0.3, -0.25) is 0 Å². The van der Waals surface area contributed by atoms with Crippen LogP contribution in [0.5, 0.6) is 0 Å². The summed E-state index contributed by atoms with van der Waals surface area (Å²) >= 11 is 0. The van der Waals surface area contributed by atoms with E-state index in [4.69, 9.17) is 9.47 Å². The van der Waals surface area contributed by atoms with E-state index < -0.39 is 0 Å². The number of aryl methyl sites for hydroxylation is 2. The smallest absolute Gasteiger partial charge is 0.217 e. The van der Waals surface area contributed by atoms with E-state index in [1.807, 2.05) is 18.5 Å². The molecule has 100 valence electrons. The number of nitrogens with zero attached hydrogens (tertiary/aromatic N) is 2. The van der Waals surface area contributed by atoms with E-state index >= 15 is 0 Å². The Balaban J connectivity index is 1.57. The van der Waals surface area contributed by atoms with E-state index in [2.05, 4.69) is 33.8 Å². The maximum atomic E-state index is 5.50. The van der Waals surface area contributed by atoms with E-state index in [-0.39, 0.29) is 6.29 Å². The molecule has 1 fully saturated rings. The van der Waals surface area contributed by atoms with Gasteiger partial charge in [0.2, 0.25) is 6.29 Å². The Morgan fingerprint density at radius 1 is 1.16 bits per heavy atom. The molecule has 19 heavy (non-hydrogen) atoms. The highest BCUT2D eigenvalue weighted by molar-refractivity contribution is 5.14. The Kier molecular flexibility index (Phi) is 3.91. The summed E-state index contributed by atoms with van der Waals surface area (Å²) in [5, 5.41) is 0. The lowest BCUT2D eigenvalue weighted by Crippen LogP contribution is -2.10. The molecule has 0 bridgehead atoms. The van der Waals surface area contributed by atoms with Gasteiger partial charge in [0, 0.05) is 18.9 Å². The number of imidazole rings is 1. The molecule has 0 atom stereocenters. The number of rotatable bonds is 5. The van der Waals surface area contributed by atoms with E-state index in [0.29, 0.717) is 13.2 Å². The SMILES string of the molecule is c1ccc(CCCn2ccnc2C2OCCO2)cc1. The standard InChI is InChI=1S/C15H18N2O2/c1-2-5-13(6-3-1)7-4-9-17-10-8-16-14(17)15-18-11-12-19-15/h1-3,5-6,8,10,15H,4,7,9,11-12H2. The lowest BCUT2D eigenvalue weighted by Gasteiger charge is -2.12. The summed E-state index contributed by atoms with van der Waals surface area (Å²) in [6.07, 6.45) is 5.67. The van der Waals surface area contributed by atoms with E-state index in [1.165, 1.54) is 5.56 Å². The van der Waals surface area contributed by atoms with Gasteiger partial charge in [-0.15, -0.1) is 0 Å². The van der Waals surface area contributed by atoms with Crippen molar-refractivity contribution < 1.29 is 9.47 Å². The molecule has 4 nitrogen and oxygen atoms in total. The predicted octanol–water partition coefficient (Wildman–Crippen LogP) is 2.56. The largest absolute Gasteiger partial charge is 0.343 e. The molecular formula is C15H18N2O2. The van der Waals surface area contributed by atoms with Gasteiger partial charge in [0.25, 0.3) is 0 Å². The first kappa shape index (κ1) is 12.4. The highest BCUT2D eigenvalue weighted by Crippen LogP contribution is 2.21. The number of benzene rings is 1. The van der Waals surface area contributed by atoms with Crippen LogP contribution in [0.15, 0.2) is 42.7 Å². The van der Waals surface area contributed by atoms with Crippen molar-refractivity contribution in [3.8, 4) is 0 Å². The third-order valence-corrected chi connectivity index (χ3v) is 3.29. The van der Waals surface area contributed by atoms with E-state index in [1.54, 1.807) is 0 Å². The van der Waals surface area contributed by atoms with E-state index in [9.17, 15) is 0 Å². The maximum Gasteiger partial charge on any atom is 0.217 e. The zero-order chi connectivity index (χ0) is 12.9. The molecule has 2 aromatic rings. The summed E-state index contributed by atoms with van der Waals surface area (Å²) in [4.78, 5) is 4.34. The Hall–Kier alpha value is -1.65. The summed E-state index contributed by atoms with van der Waals surface area (Å²) in [6.45, 7) is 2.25. The number of hydrogen-bond acceptors (Lipinski definition) is 3. The molecule has 0 N–H and O–H groups in total. The van der Waals surface area contributed by atoms with Crippen molar-refractivity contribution in [2.45, 2.75) is 25.7 Å². The first-order chi connectivity index (χ1) is 9.43. The molecule has 1 aliphatic heterocycles. The van der Waals surface area contributed by atoms with Crippen LogP contribution in [0, 0.1) is 0 Å². The van der Waals surface area contributed by atoms with Gasteiger partial charge in [-0.25, -0.2) is 4.98 Å². The van der Waals surface area contributed by atoms with Gasteiger partial charge in [0.05, 0.1) is 13.2 Å². The fraction of sp³-hybridized carbons (Fsp3) is 0.400. The number of ether oxygens (including phenoxy) is 2. The molecule has 0 spiro atoms. The number of aromatic nitrogens is 2. The van der Waals surface area contributed by atoms with Crippen molar-refractivity contribution in [2.24, 2.45) is 0 Å². The quantitative estimate of drug-likeness (QED) is 0.827. The highest BCUT2D eigenvalue weighted by Gasteiger charge is 2.22. The monoisotopic (exact) mass is 258 g/mol. The first-order valence-corrected chi connectivity index (χ1v) is 6.71.